The maximum atomic E-state index is 15.2. The number of nitrogens with one attached hydrogen (secondary N) is 3. The van der Waals surface area contributed by atoms with E-state index in [1.165, 1.54) is 9.80 Å². The van der Waals surface area contributed by atoms with Gasteiger partial charge in [-0.25, -0.2) is 17.5 Å². The van der Waals surface area contributed by atoms with Crippen LogP contribution in [0, 0.1) is 35.5 Å². The first-order valence-corrected chi connectivity index (χ1v) is 30.6. The molecule has 3 fully saturated rings. The molecule has 2 aromatic rings. The third-order valence-corrected chi connectivity index (χ3v) is 16.7. The van der Waals surface area contributed by atoms with Crippen LogP contribution in [0.3, 0.4) is 0 Å². The van der Waals surface area contributed by atoms with Gasteiger partial charge < -0.3 is 37.2 Å². The van der Waals surface area contributed by atoms with E-state index in [2.05, 4.69) is 16.0 Å². The number of hydrazine groups is 3. The van der Waals surface area contributed by atoms with E-state index < -0.39 is 131 Å². The first-order chi connectivity index (χ1) is 40.3. The van der Waals surface area contributed by atoms with Crippen molar-refractivity contribution in [2.45, 2.75) is 194 Å². The lowest BCUT2D eigenvalue weighted by Crippen LogP contribution is -2.64. The predicted octanol–water partition coefficient (Wildman–Crippen LogP) is 2.17. The van der Waals surface area contributed by atoms with E-state index in [1.54, 1.807) is 82.3 Å². The van der Waals surface area contributed by atoms with E-state index in [4.69, 9.17) is 29.0 Å². The number of carbonyl (C=O) groups excluding carboxylic acids is 10. The first kappa shape index (κ1) is 69.1. The highest BCUT2D eigenvalue weighted by atomic mass is 16.2. The number of Topliss-reactive ketones (excluding diaryl/α,β-unsaturated/α-hetero) is 2. The van der Waals surface area contributed by atoms with Gasteiger partial charge in [0, 0.05) is 50.6 Å². The fourth-order valence-corrected chi connectivity index (χ4v) is 11.9. The zero-order valence-corrected chi connectivity index (χ0v) is 51.3. The number of nitrogens with two attached hydrogens (primary N) is 5. The molecule has 0 spiro atoms. The van der Waals surface area contributed by atoms with Gasteiger partial charge in [0.05, 0.1) is 6.04 Å². The molecule has 13 N–H and O–H groups in total. The summed E-state index contributed by atoms with van der Waals surface area (Å²) in [4.78, 5) is 151. The van der Waals surface area contributed by atoms with Crippen molar-refractivity contribution in [1.82, 2.24) is 40.8 Å². The summed E-state index contributed by atoms with van der Waals surface area (Å²) in [6.45, 7) is 14.8. The van der Waals surface area contributed by atoms with Gasteiger partial charge in [0.2, 0.25) is 35.4 Å². The molecule has 23 heteroatoms. The van der Waals surface area contributed by atoms with Crippen molar-refractivity contribution in [3.05, 3.63) is 71.8 Å². The van der Waals surface area contributed by atoms with E-state index >= 15 is 9.59 Å². The highest BCUT2D eigenvalue weighted by Crippen LogP contribution is 2.29. The van der Waals surface area contributed by atoms with Crippen LogP contribution in [0.4, 0.5) is 0 Å². The van der Waals surface area contributed by atoms with Crippen LogP contribution in [0.5, 0.6) is 0 Å². The van der Waals surface area contributed by atoms with Crippen LogP contribution < -0.4 is 44.9 Å². The molecule has 3 heterocycles. The van der Waals surface area contributed by atoms with E-state index in [9.17, 15) is 38.4 Å². The quantitative estimate of drug-likeness (QED) is 0.0882. The molecule has 2 aromatic carbocycles. The number of hydrogen-bond donors (Lipinski definition) is 8. The highest BCUT2D eigenvalue weighted by Gasteiger charge is 2.46. The minimum Gasteiger partial charge on any atom is -0.344 e. The van der Waals surface area contributed by atoms with Gasteiger partial charge in [-0.15, -0.1) is 0 Å². The molecule has 23 nitrogen and oxygen atoms in total. The van der Waals surface area contributed by atoms with Crippen molar-refractivity contribution in [2.24, 2.45) is 64.5 Å². The molecular weight excluding hydrogens is 1090 g/mol. The molecule has 8 amide bonds. The van der Waals surface area contributed by atoms with Crippen molar-refractivity contribution in [2.75, 3.05) is 26.2 Å². The molecule has 3 aliphatic rings. The second-order valence-electron chi connectivity index (χ2n) is 24.9. The van der Waals surface area contributed by atoms with Gasteiger partial charge in [0.15, 0.2) is 11.6 Å². The monoisotopic (exact) mass is 1180 g/mol. The fourth-order valence-electron chi connectivity index (χ4n) is 11.9. The van der Waals surface area contributed by atoms with Crippen molar-refractivity contribution in [3.63, 3.8) is 0 Å². The number of benzene rings is 2. The van der Waals surface area contributed by atoms with Gasteiger partial charge in [-0.2, -0.15) is 0 Å². The maximum Gasteiger partial charge on any atom is 0.260 e. The van der Waals surface area contributed by atoms with Gasteiger partial charge in [-0.3, -0.25) is 63.0 Å². The molecule has 0 saturated carbocycles. The van der Waals surface area contributed by atoms with Gasteiger partial charge in [0.25, 0.3) is 11.8 Å². The number of rotatable bonds is 16. The molecule has 3 aliphatic heterocycles. The Bertz CT molecular complexity index is 2610. The lowest BCUT2D eigenvalue weighted by molar-refractivity contribution is -0.151. The Kier molecular flexibility index (Phi) is 26.6. The predicted molar refractivity (Wildman–Crippen MR) is 321 cm³/mol. The zero-order valence-electron chi connectivity index (χ0n) is 51.3. The summed E-state index contributed by atoms with van der Waals surface area (Å²) in [5, 5.41) is 11.0. The summed E-state index contributed by atoms with van der Waals surface area (Å²) in [6, 6.07) is 7.76. The number of amides is 8. The second-order valence-corrected chi connectivity index (χ2v) is 24.9. The van der Waals surface area contributed by atoms with Crippen LogP contribution in [0.1, 0.15) is 144 Å². The smallest absolute Gasteiger partial charge is 0.260 e. The van der Waals surface area contributed by atoms with Crippen molar-refractivity contribution >= 4 is 58.8 Å². The highest BCUT2D eigenvalue weighted by molar-refractivity contribution is 6.00. The third-order valence-electron chi connectivity index (χ3n) is 16.7. The number of nitrogens with zero attached hydrogens (tertiary/aromatic N) is 5. The normalized spacial score (nSPS) is 26.6. The van der Waals surface area contributed by atoms with E-state index in [0.29, 0.717) is 24.0 Å². The number of ketones is 2. The molecule has 0 aromatic heterocycles. The Morgan fingerprint density at radius 1 is 0.482 bits per heavy atom. The third kappa shape index (κ3) is 18.7. The fraction of sp³-hybridized carbons (Fsp3) is 0.645. The lowest BCUT2D eigenvalue weighted by atomic mass is 9.85. The van der Waals surface area contributed by atoms with Gasteiger partial charge in [0.1, 0.15) is 42.3 Å². The summed E-state index contributed by atoms with van der Waals surface area (Å²) in [7, 11) is 0. The summed E-state index contributed by atoms with van der Waals surface area (Å²) >= 11 is 0. The molecule has 10 atom stereocenters. The van der Waals surface area contributed by atoms with Crippen LogP contribution in [0.15, 0.2) is 60.7 Å². The molecule has 470 valence electrons. The lowest BCUT2D eigenvalue weighted by Gasteiger charge is -2.36. The van der Waals surface area contributed by atoms with Gasteiger partial charge in [-0.1, -0.05) is 116 Å². The molecule has 0 aliphatic carbocycles. The Hall–Kier alpha value is -6.66. The van der Waals surface area contributed by atoms with Crippen molar-refractivity contribution < 1.29 is 47.9 Å². The van der Waals surface area contributed by atoms with Gasteiger partial charge in [-0.05, 0) is 112 Å². The second kappa shape index (κ2) is 32.7. The minimum atomic E-state index is -1.42. The molecule has 0 unspecified atom stereocenters. The van der Waals surface area contributed by atoms with Crippen LogP contribution in [0.2, 0.25) is 0 Å². The Labute approximate surface area is 501 Å². The van der Waals surface area contributed by atoms with Crippen molar-refractivity contribution in [3.8, 4) is 0 Å². The molecule has 5 rings (SSSR count). The Morgan fingerprint density at radius 2 is 0.988 bits per heavy atom. The molecular formula is C62H97N13O10. The SMILES string of the molecule is CC(C)C[C@@H]1CC(=O)[C@H](CCCN)N(N)C(=O)[C@H](C(C)C)CC(=O)[C@@H]2CCCN2C(=O)[C@@H](Cc2ccccc2)N(N)C(=O)[C@H](CC(C)C)NC(=O)[C@H](CCCN)N(N)C(=O)[C@H](C(C)C)NC(=O)[C@@H]2CCCN2C(=O)[C@@H](Cc2ccccc2)NC1=O. The summed E-state index contributed by atoms with van der Waals surface area (Å²) in [6.07, 6.45) is 1.23. The summed E-state index contributed by atoms with van der Waals surface area (Å²) in [5.41, 5.74) is 13.3. The van der Waals surface area contributed by atoms with E-state index in [0.717, 1.165) is 15.0 Å². The minimum absolute atomic E-state index is 0.0214. The average Bonchev–Trinajstić information content (AvgIpc) is 4.41. The van der Waals surface area contributed by atoms with Crippen LogP contribution in [-0.4, -0.2) is 158 Å². The topological polar surface area (TPSA) is 353 Å². The molecule has 3 saturated heterocycles. The van der Waals surface area contributed by atoms with E-state index in [-0.39, 0.29) is 115 Å². The molecule has 0 radical (unpaired) electrons. The molecule has 85 heavy (non-hydrogen) atoms. The first-order valence-electron chi connectivity index (χ1n) is 30.6. The van der Waals surface area contributed by atoms with Crippen LogP contribution in [-0.2, 0) is 60.8 Å². The molecule has 0 bridgehead atoms. The van der Waals surface area contributed by atoms with Crippen molar-refractivity contribution in [1.29, 1.82) is 0 Å². The maximum absolute atomic E-state index is 15.2. The van der Waals surface area contributed by atoms with Gasteiger partial charge >= 0.3 is 0 Å². The summed E-state index contributed by atoms with van der Waals surface area (Å²) < 4.78 is 0. The van der Waals surface area contributed by atoms with Crippen LogP contribution >= 0.6 is 0 Å². The Morgan fingerprint density at radius 3 is 1.53 bits per heavy atom. The average molecular weight is 1180 g/mol. The zero-order chi connectivity index (χ0) is 62.8. The summed E-state index contributed by atoms with van der Waals surface area (Å²) in [5.74, 6) is 10.1. The Balaban J connectivity index is 1.64. The van der Waals surface area contributed by atoms with E-state index in [1.807, 2.05) is 33.8 Å². The number of fused-ring (bicyclic) bond motifs is 2. The largest absolute Gasteiger partial charge is 0.344 e. The number of hydrogen-bond acceptors (Lipinski definition) is 15. The van der Waals surface area contributed by atoms with Crippen LogP contribution in [0.25, 0.3) is 0 Å². The standard InChI is InChI=1S/C62H97N13O10/c1-37(2)31-43-35-52(76)48(23-15-27-63)73(65)58(81)44(39(5)6)36-53(77)47-25-17-29-71(47)61(84)51(34-42-21-13-10-14-22-42)75(67)60(83)45(32-38(3)4)69-57(80)50(24-16-28-64)74(66)62(85)54(40(7)8)70-56(79)49-26-18-30-72(49)59(82)46(68-55(43)78)33-41-19-11-9-12-20-41/h9-14,19-22,37-40,43-51,54H,15-18,23-36,63-67H2,1-8H3,(H,68,78)(H,69,80)(H,70,79)/t43-,44+,45+,46-,47+,48+,49+,50+,51-,54+/m1/s1. The number of carbonyl (C=O) groups is 10.